The van der Waals surface area contributed by atoms with Crippen LogP contribution in [0.4, 0.5) is 29.5 Å². The highest BCUT2D eigenvalue weighted by molar-refractivity contribution is 6.30. The zero-order valence-corrected chi connectivity index (χ0v) is 17.0. The third-order valence-electron chi connectivity index (χ3n) is 5.27. The van der Waals surface area contributed by atoms with Crippen molar-refractivity contribution in [3.63, 3.8) is 0 Å². The number of nitrogens with one attached hydrogen (secondary N) is 1. The molecule has 11 heteroatoms. The Kier molecular flexibility index (Phi) is 5.74. The molecule has 3 amide bonds. The van der Waals surface area contributed by atoms with Crippen LogP contribution in [0, 0.1) is 5.92 Å². The lowest BCUT2D eigenvalue weighted by Gasteiger charge is -2.22. The molecule has 1 atom stereocenters. The van der Waals surface area contributed by atoms with Crippen LogP contribution in [0.2, 0.25) is 5.02 Å². The summed E-state index contributed by atoms with van der Waals surface area (Å²) in [4.78, 5) is 35.8. The molecule has 2 aliphatic rings. The fraction of sp³-hybridized carbons (Fsp3) is 0.400. The molecule has 1 saturated heterocycles. The molecule has 2 aromatic rings. The molecule has 0 aromatic carbocycles. The van der Waals surface area contributed by atoms with Crippen molar-refractivity contribution in [3.05, 3.63) is 47.4 Å². The Morgan fingerprint density at radius 1 is 1.23 bits per heavy atom. The largest absolute Gasteiger partial charge is 0.433 e. The van der Waals surface area contributed by atoms with Crippen LogP contribution in [0.25, 0.3) is 0 Å². The standard InChI is InChI=1S/C20H19ClF3N5O2/c21-13-5-6-25-17(8-13)27-18(30)11-29-15(7-12-1-2-12)10-28(19(29)31)14-3-4-16(26-9-14)20(22,23)24/h3-6,8-9,12,15H,1-2,7,10-11H2,(H,25,27,30)/t15-/m0/s1. The molecule has 1 saturated carbocycles. The van der Waals surface area contributed by atoms with E-state index in [0.717, 1.165) is 31.5 Å². The van der Waals surface area contributed by atoms with Gasteiger partial charge in [0.15, 0.2) is 0 Å². The molecule has 0 radical (unpaired) electrons. The first-order chi connectivity index (χ1) is 14.7. The van der Waals surface area contributed by atoms with Crippen molar-refractivity contribution < 1.29 is 22.8 Å². The smallest absolute Gasteiger partial charge is 0.310 e. The third-order valence-corrected chi connectivity index (χ3v) is 5.50. The first kappa shape index (κ1) is 21.4. The number of carbonyl (C=O) groups excluding carboxylic acids is 2. The Morgan fingerprint density at radius 2 is 2.00 bits per heavy atom. The Balaban J connectivity index is 1.49. The predicted octanol–water partition coefficient (Wildman–Crippen LogP) is 4.20. The van der Waals surface area contributed by atoms with E-state index >= 15 is 0 Å². The molecular formula is C20H19ClF3N5O2. The number of halogens is 4. The molecule has 0 bridgehead atoms. The summed E-state index contributed by atoms with van der Waals surface area (Å²) in [5.41, 5.74) is -0.763. The molecule has 164 valence electrons. The number of hydrogen-bond acceptors (Lipinski definition) is 4. The maximum atomic E-state index is 13.0. The Morgan fingerprint density at radius 3 is 2.61 bits per heavy atom. The van der Waals surface area contributed by atoms with Crippen LogP contribution in [0.5, 0.6) is 0 Å². The molecular weight excluding hydrogens is 435 g/mol. The SMILES string of the molecule is O=C(CN1C(=O)N(c2ccc(C(F)(F)F)nc2)C[C@@H]1CC1CC1)Nc1cc(Cl)ccn1. The number of nitrogens with zero attached hydrogens (tertiary/aromatic N) is 4. The van der Waals surface area contributed by atoms with Crippen molar-refractivity contribution >= 4 is 35.0 Å². The van der Waals surface area contributed by atoms with E-state index in [1.165, 1.54) is 28.1 Å². The molecule has 2 fully saturated rings. The van der Waals surface area contributed by atoms with E-state index in [2.05, 4.69) is 15.3 Å². The van der Waals surface area contributed by atoms with Gasteiger partial charge in [0, 0.05) is 17.8 Å². The monoisotopic (exact) mass is 453 g/mol. The van der Waals surface area contributed by atoms with Crippen LogP contribution in [0.1, 0.15) is 25.0 Å². The van der Waals surface area contributed by atoms with E-state index in [0.29, 0.717) is 10.9 Å². The summed E-state index contributed by atoms with van der Waals surface area (Å²) in [6.45, 7) is 0.0834. The van der Waals surface area contributed by atoms with Gasteiger partial charge in [0.25, 0.3) is 0 Å². The summed E-state index contributed by atoms with van der Waals surface area (Å²) in [7, 11) is 0. The summed E-state index contributed by atoms with van der Waals surface area (Å²) >= 11 is 5.90. The second-order valence-electron chi connectivity index (χ2n) is 7.66. The number of aromatic nitrogens is 2. The average Bonchev–Trinajstić information content (AvgIpc) is 3.47. The number of pyridine rings is 2. The van der Waals surface area contributed by atoms with E-state index in [-0.39, 0.29) is 30.6 Å². The first-order valence-corrected chi connectivity index (χ1v) is 10.1. The number of anilines is 2. The third kappa shape index (κ3) is 5.07. The fourth-order valence-electron chi connectivity index (χ4n) is 3.57. The van der Waals surface area contributed by atoms with Crippen molar-refractivity contribution in [1.29, 1.82) is 0 Å². The Hall–Kier alpha value is -2.88. The van der Waals surface area contributed by atoms with Crippen molar-refractivity contribution in [1.82, 2.24) is 14.9 Å². The van der Waals surface area contributed by atoms with Gasteiger partial charge in [-0.1, -0.05) is 24.4 Å². The molecule has 1 N–H and O–H groups in total. The second kappa shape index (κ2) is 8.33. The zero-order valence-electron chi connectivity index (χ0n) is 16.3. The maximum absolute atomic E-state index is 13.0. The van der Waals surface area contributed by atoms with Gasteiger partial charge in [-0.25, -0.2) is 14.8 Å². The van der Waals surface area contributed by atoms with E-state index in [9.17, 15) is 22.8 Å². The lowest BCUT2D eigenvalue weighted by molar-refractivity contribution is -0.141. The van der Waals surface area contributed by atoms with Crippen molar-refractivity contribution in [2.75, 3.05) is 23.3 Å². The lowest BCUT2D eigenvalue weighted by Crippen LogP contribution is -2.41. The fourth-order valence-corrected chi connectivity index (χ4v) is 3.73. The zero-order chi connectivity index (χ0) is 22.2. The van der Waals surface area contributed by atoms with Gasteiger partial charge in [0.2, 0.25) is 5.91 Å². The van der Waals surface area contributed by atoms with Crippen LogP contribution >= 0.6 is 11.6 Å². The average molecular weight is 454 g/mol. The van der Waals surface area contributed by atoms with E-state index in [1.807, 2.05) is 0 Å². The van der Waals surface area contributed by atoms with Crippen LogP contribution in [0.3, 0.4) is 0 Å². The van der Waals surface area contributed by atoms with Gasteiger partial charge >= 0.3 is 12.2 Å². The normalized spacial score (nSPS) is 19.1. The number of alkyl halides is 3. The summed E-state index contributed by atoms with van der Waals surface area (Å²) in [5.74, 6) is 0.326. The number of hydrogen-bond donors (Lipinski definition) is 1. The molecule has 31 heavy (non-hydrogen) atoms. The minimum atomic E-state index is -4.56. The minimum absolute atomic E-state index is 0.199. The van der Waals surface area contributed by atoms with E-state index in [4.69, 9.17) is 11.6 Å². The second-order valence-corrected chi connectivity index (χ2v) is 8.10. The summed E-state index contributed by atoms with van der Waals surface area (Å²) in [6, 6.07) is 4.47. The van der Waals surface area contributed by atoms with Gasteiger partial charge in [-0.2, -0.15) is 13.2 Å². The van der Waals surface area contributed by atoms with Crippen molar-refractivity contribution in [2.24, 2.45) is 5.92 Å². The van der Waals surface area contributed by atoms with Crippen molar-refractivity contribution in [2.45, 2.75) is 31.5 Å². The highest BCUT2D eigenvalue weighted by Crippen LogP contribution is 2.37. The predicted molar refractivity (Wildman–Crippen MR) is 108 cm³/mol. The maximum Gasteiger partial charge on any atom is 0.433 e. The molecule has 1 aliphatic carbocycles. The highest BCUT2D eigenvalue weighted by Gasteiger charge is 2.42. The summed E-state index contributed by atoms with van der Waals surface area (Å²) < 4.78 is 38.4. The topological polar surface area (TPSA) is 78.4 Å². The van der Waals surface area contributed by atoms with Gasteiger partial charge in [0.1, 0.15) is 18.1 Å². The van der Waals surface area contributed by atoms with E-state index in [1.54, 1.807) is 6.07 Å². The van der Waals surface area contributed by atoms with Crippen LogP contribution in [0.15, 0.2) is 36.7 Å². The molecule has 4 rings (SSSR count). The highest BCUT2D eigenvalue weighted by atomic mass is 35.5. The molecule has 0 unspecified atom stereocenters. The van der Waals surface area contributed by atoms with Crippen molar-refractivity contribution in [3.8, 4) is 0 Å². The molecule has 7 nitrogen and oxygen atoms in total. The van der Waals surface area contributed by atoms with Gasteiger partial charge < -0.3 is 10.2 Å². The molecule has 1 aliphatic heterocycles. The van der Waals surface area contributed by atoms with Crippen LogP contribution < -0.4 is 10.2 Å². The van der Waals surface area contributed by atoms with E-state index < -0.39 is 23.8 Å². The lowest BCUT2D eigenvalue weighted by atomic mass is 10.1. The van der Waals surface area contributed by atoms with Gasteiger partial charge in [0.05, 0.1) is 17.9 Å². The Labute approximate surface area is 181 Å². The van der Waals surface area contributed by atoms with Gasteiger partial charge in [-0.3, -0.25) is 9.69 Å². The Bertz CT molecular complexity index is 982. The minimum Gasteiger partial charge on any atom is -0.310 e. The van der Waals surface area contributed by atoms with Gasteiger partial charge in [-0.15, -0.1) is 0 Å². The number of urea groups is 1. The van der Waals surface area contributed by atoms with Crippen LogP contribution in [-0.4, -0.2) is 45.9 Å². The summed E-state index contributed by atoms with van der Waals surface area (Å²) in [6.07, 6.45) is 0.806. The quantitative estimate of drug-likeness (QED) is 0.711. The molecule has 2 aromatic heterocycles. The molecule has 0 spiro atoms. The first-order valence-electron chi connectivity index (χ1n) is 9.73. The molecule has 3 heterocycles. The van der Waals surface area contributed by atoms with Gasteiger partial charge in [-0.05, 0) is 36.6 Å². The number of rotatable bonds is 6. The number of carbonyl (C=O) groups is 2. The van der Waals surface area contributed by atoms with Crippen LogP contribution in [-0.2, 0) is 11.0 Å². The number of amides is 3. The summed E-state index contributed by atoms with van der Waals surface area (Å²) in [5, 5.41) is 3.03.